The molecule has 0 aromatic carbocycles. The van der Waals surface area contributed by atoms with Gasteiger partial charge in [-0.15, -0.1) is 0 Å². The molecule has 2 aromatic heterocycles. The molecular formula is C15H19N3O2. The lowest BCUT2D eigenvalue weighted by molar-refractivity contribution is 0.0921. The van der Waals surface area contributed by atoms with Crippen molar-refractivity contribution >= 4 is 17.0 Å². The van der Waals surface area contributed by atoms with Crippen molar-refractivity contribution in [3.63, 3.8) is 0 Å². The largest absolute Gasteiger partial charge is 0.349 e. The molecule has 0 saturated heterocycles. The van der Waals surface area contributed by atoms with E-state index in [9.17, 15) is 4.79 Å². The lowest BCUT2D eigenvalue weighted by Gasteiger charge is -2.27. The molecule has 1 fully saturated rings. The van der Waals surface area contributed by atoms with Gasteiger partial charge >= 0.3 is 0 Å². The number of aromatic nitrogens is 2. The van der Waals surface area contributed by atoms with Gasteiger partial charge in [-0.2, -0.15) is 0 Å². The normalized spacial score (nSPS) is 22.9. The lowest BCUT2D eigenvalue weighted by Crippen LogP contribution is -2.38. The maximum Gasteiger partial charge on any atom is 0.257 e. The first kappa shape index (κ1) is 13.1. The van der Waals surface area contributed by atoms with E-state index in [4.69, 9.17) is 4.52 Å². The molecule has 0 aliphatic heterocycles. The SMILES string of the molecule is Cc1noc2ncc(C(=O)N[C@@H]3CCC[C@@H](C)C3)cc12. The molecule has 20 heavy (non-hydrogen) atoms. The van der Waals surface area contributed by atoms with Gasteiger partial charge < -0.3 is 9.84 Å². The van der Waals surface area contributed by atoms with Gasteiger partial charge in [-0.3, -0.25) is 4.79 Å². The van der Waals surface area contributed by atoms with Crippen LogP contribution in [0.2, 0.25) is 0 Å². The quantitative estimate of drug-likeness (QED) is 0.913. The van der Waals surface area contributed by atoms with Crippen LogP contribution in [0.25, 0.3) is 11.1 Å². The van der Waals surface area contributed by atoms with E-state index in [0.717, 1.165) is 23.9 Å². The van der Waals surface area contributed by atoms with Crippen LogP contribution in [0.1, 0.15) is 48.7 Å². The van der Waals surface area contributed by atoms with Crippen LogP contribution in [0, 0.1) is 12.8 Å². The predicted molar refractivity (Wildman–Crippen MR) is 75.4 cm³/mol. The molecule has 2 atom stereocenters. The Labute approximate surface area is 117 Å². The smallest absolute Gasteiger partial charge is 0.257 e. The molecule has 1 aliphatic carbocycles. The third-order valence-corrected chi connectivity index (χ3v) is 4.04. The zero-order valence-corrected chi connectivity index (χ0v) is 11.8. The highest BCUT2D eigenvalue weighted by Crippen LogP contribution is 2.24. The summed E-state index contributed by atoms with van der Waals surface area (Å²) in [5.74, 6) is 0.633. The molecule has 106 valence electrons. The van der Waals surface area contributed by atoms with Crippen molar-refractivity contribution in [1.82, 2.24) is 15.5 Å². The van der Waals surface area contributed by atoms with Crippen LogP contribution in [0.3, 0.4) is 0 Å². The minimum Gasteiger partial charge on any atom is -0.349 e. The highest BCUT2D eigenvalue weighted by atomic mass is 16.5. The van der Waals surface area contributed by atoms with Crippen molar-refractivity contribution in [2.45, 2.75) is 45.6 Å². The number of aryl methyl sites for hydroxylation is 1. The van der Waals surface area contributed by atoms with Crippen LogP contribution in [-0.4, -0.2) is 22.1 Å². The molecule has 2 aromatic rings. The van der Waals surface area contributed by atoms with Gasteiger partial charge in [0.05, 0.1) is 16.6 Å². The molecule has 1 aliphatic rings. The Bertz CT molecular complexity index is 635. The Morgan fingerprint density at radius 1 is 1.45 bits per heavy atom. The molecule has 1 amide bonds. The summed E-state index contributed by atoms with van der Waals surface area (Å²) in [6, 6.07) is 2.08. The van der Waals surface area contributed by atoms with E-state index in [2.05, 4.69) is 22.4 Å². The predicted octanol–water partition coefficient (Wildman–Crippen LogP) is 2.84. The molecule has 0 spiro atoms. The fraction of sp³-hybridized carbons (Fsp3) is 0.533. The number of hydrogen-bond donors (Lipinski definition) is 1. The molecule has 1 N–H and O–H groups in total. The summed E-state index contributed by atoms with van der Waals surface area (Å²) in [6.07, 6.45) is 6.13. The highest BCUT2D eigenvalue weighted by molar-refractivity contribution is 5.97. The second-order valence-corrected chi connectivity index (χ2v) is 5.79. The lowest BCUT2D eigenvalue weighted by atomic mass is 9.87. The van der Waals surface area contributed by atoms with E-state index < -0.39 is 0 Å². The van der Waals surface area contributed by atoms with Gasteiger partial charge in [0.25, 0.3) is 11.6 Å². The molecule has 0 bridgehead atoms. The van der Waals surface area contributed by atoms with Gasteiger partial charge in [-0.05, 0) is 31.7 Å². The molecule has 0 radical (unpaired) electrons. The van der Waals surface area contributed by atoms with Crippen molar-refractivity contribution in [2.75, 3.05) is 0 Å². The van der Waals surface area contributed by atoms with E-state index in [1.807, 2.05) is 6.92 Å². The van der Waals surface area contributed by atoms with Gasteiger partial charge in [0.1, 0.15) is 0 Å². The first-order chi connectivity index (χ1) is 9.63. The van der Waals surface area contributed by atoms with Crippen molar-refractivity contribution in [2.24, 2.45) is 5.92 Å². The maximum absolute atomic E-state index is 12.3. The Kier molecular flexibility index (Phi) is 3.42. The summed E-state index contributed by atoms with van der Waals surface area (Å²) >= 11 is 0. The number of hydrogen-bond acceptors (Lipinski definition) is 4. The monoisotopic (exact) mass is 273 g/mol. The first-order valence-electron chi connectivity index (χ1n) is 7.16. The molecule has 5 heteroatoms. The average molecular weight is 273 g/mol. The van der Waals surface area contributed by atoms with E-state index in [1.54, 1.807) is 12.3 Å². The van der Waals surface area contributed by atoms with Gasteiger partial charge in [0.2, 0.25) is 0 Å². The number of fused-ring (bicyclic) bond motifs is 1. The summed E-state index contributed by atoms with van der Waals surface area (Å²) in [5, 5.41) is 7.77. The Morgan fingerprint density at radius 2 is 2.30 bits per heavy atom. The second kappa shape index (κ2) is 5.23. The number of pyridine rings is 1. The minimum atomic E-state index is -0.0564. The van der Waals surface area contributed by atoms with Gasteiger partial charge in [0.15, 0.2) is 0 Å². The molecule has 1 saturated carbocycles. The zero-order valence-electron chi connectivity index (χ0n) is 11.8. The number of rotatable bonds is 2. The van der Waals surface area contributed by atoms with Crippen LogP contribution in [0.5, 0.6) is 0 Å². The van der Waals surface area contributed by atoms with Crippen LogP contribution >= 0.6 is 0 Å². The average Bonchev–Trinajstić information content (AvgIpc) is 2.80. The highest BCUT2D eigenvalue weighted by Gasteiger charge is 2.21. The molecule has 3 rings (SSSR count). The minimum absolute atomic E-state index is 0.0564. The first-order valence-corrected chi connectivity index (χ1v) is 7.16. The van der Waals surface area contributed by atoms with E-state index in [-0.39, 0.29) is 11.9 Å². The van der Waals surface area contributed by atoms with E-state index in [0.29, 0.717) is 17.2 Å². The van der Waals surface area contributed by atoms with Crippen molar-refractivity contribution in [3.05, 3.63) is 23.5 Å². The number of nitrogens with one attached hydrogen (secondary N) is 1. The fourth-order valence-electron chi connectivity index (χ4n) is 2.90. The van der Waals surface area contributed by atoms with Gasteiger partial charge in [-0.25, -0.2) is 4.98 Å². The van der Waals surface area contributed by atoms with Crippen molar-refractivity contribution < 1.29 is 9.32 Å². The fourth-order valence-corrected chi connectivity index (χ4v) is 2.90. The molecule has 5 nitrogen and oxygen atoms in total. The van der Waals surface area contributed by atoms with Gasteiger partial charge in [0, 0.05) is 12.2 Å². The maximum atomic E-state index is 12.3. The topological polar surface area (TPSA) is 68.0 Å². The zero-order chi connectivity index (χ0) is 14.1. The van der Waals surface area contributed by atoms with E-state index in [1.165, 1.54) is 12.8 Å². The number of amides is 1. The van der Waals surface area contributed by atoms with E-state index >= 15 is 0 Å². The third-order valence-electron chi connectivity index (χ3n) is 4.04. The third kappa shape index (κ3) is 2.53. The van der Waals surface area contributed by atoms with Crippen LogP contribution < -0.4 is 5.32 Å². The van der Waals surface area contributed by atoms with Gasteiger partial charge in [-0.1, -0.05) is 24.9 Å². The Balaban J connectivity index is 1.76. The Morgan fingerprint density at radius 3 is 3.10 bits per heavy atom. The number of carbonyl (C=O) groups excluding carboxylic acids is 1. The Hall–Kier alpha value is -1.91. The van der Waals surface area contributed by atoms with Crippen molar-refractivity contribution in [3.8, 4) is 0 Å². The van der Waals surface area contributed by atoms with Crippen LogP contribution in [0.15, 0.2) is 16.8 Å². The number of carbonyl (C=O) groups is 1. The summed E-state index contributed by atoms with van der Waals surface area (Å²) in [7, 11) is 0. The summed E-state index contributed by atoms with van der Waals surface area (Å²) < 4.78 is 5.05. The standard InChI is InChI=1S/C15H19N3O2/c1-9-4-3-5-12(6-9)17-14(19)11-7-13-10(2)18-20-15(13)16-8-11/h7-9,12H,3-6H2,1-2H3,(H,17,19)/t9-,12-/m1/s1. The molecular weight excluding hydrogens is 254 g/mol. The molecule has 2 heterocycles. The van der Waals surface area contributed by atoms with Crippen LogP contribution in [-0.2, 0) is 0 Å². The summed E-state index contributed by atoms with van der Waals surface area (Å²) in [5.41, 5.74) is 1.81. The second-order valence-electron chi connectivity index (χ2n) is 5.79. The van der Waals surface area contributed by atoms with Crippen LogP contribution in [0.4, 0.5) is 0 Å². The summed E-state index contributed by atoms with van der Waals surface area (Å²) in [6.45, 7) is 4.09. The molecule has 0 unspecified atom stereocenters. The number of nitrogens with zero attached hydrogens (tertiary/aromatic N) is 2. The van der Waals surface area contributed by atoms with Crippen molar-refractivity contribution in [1.29, 1.82) is 0 Å². The summed E-state index contributed by atoms with van der Waals surface area (Å²) in [4.78, 5) is 16.4.